The molecule has 1 heterocycles. The number of nitrogens with one attached hydrogen (secondary N) is 2. The van der Waals surface area contributed by atoms with Crippen LogP contribution in [0.3, 0.4) is 0 Å². The van der Waals surface area contributed by atoms with E-state index < -0.39 is 0 Å². The zero-order valence-electron chi connectivity index (χ0n) is 16.4. The lowest BCUT2D eigenvalue weighted by Crippen LogP contribution is -2.32. The number of rotatable bonds is 6. The molecule has 4 rings (SSSR count). The summed E-state index contributed by atoms with van der Waals surface area (Å²) in [5.74, 6) is 0.503. The van der Waals surface area contributed by atoms with Crippen LogP contribution in [-0.2, 0) is 4.74 Å². The molecule has 1 aromatic heterocycles. The van der Waals surface area contributed by atoms with Crippen molar-refractivity contribution in [2.75, 3.05) is 14.2 Å². The van der Waals surface area contributed by atoms with Gasteiger partial charge >= 0.3 is 0 Å². The Kier molecular flexibility index (Phi) is 4.93. The van der Waals surface area contributed by atoms with Gasteiger partial charge in [-0.1, -0.05) is 30.3 Å². The van der Waals surface area contributed by atoms with Gasteiger partial charge in [0, 0.05) is 26.3 Å². The molecule has 3 atom stereocenters. The van der Waals surface area contributed by atoms with Gasteiger partial charge in [-0.05, 0) is 37.2 Å². The summed E-state index contributed by atoms with van der Waals surface area (Å²) in [6.45, 7) is 1.97. The fraction of sp³-hybridized carbons (Fsp3) is 0.476. The van der Waals surface area contributed by atoms with E-state index in [0.717, 1.165) is 18.4 Å². The number of benzene rings is 1. The molecule has 2 aliphatic rings. The van der Waals surface area contributed by atoms with Crippen LogP contribution >= 0.6 is 0 Å². The minimum Gasteiger partial charge on any atom is -0.381 e. The van der Waals surface area contributed by atoms with Gasteiger partial charge in [0.1, 0.15) is 5.69 Å². The number of hydrogen-bond acceptors (Lipinski definition) is 4. The van der Waals surface area contributed by atoms with E-state index in [2.05, 4.69) is 15.7 Å². The molecule has 0 radical (unpaired) electrons. The third kappa shape index (κ3) is 3.30. The molecule has 2 saturated carbocycles. The van der Waals surface area contributed by atoms with E-state index >= 15 is 0 Å². The summed E-state index contributed by atoms with van der Waals surface area (Å²) >= 11 is 0. The van der Waals surface area contributed by atoms with Gasteiger partial charge in [0.15, 0.2) is 5.69 Å². The zero-order valence-corrected chi connectivity index (χ0v) is 16.4. The molecule has 7 heteroatoms. The summed E-state index contributed by atoms with van der Waals surface area (Å²) in [7, 11) is 3.30. The Bertz CT molecular complexity index is 867. The summed E-state index contributed by atoms with van der Waals surface area (Å²) in [6.07, 6.45) is 2.30. The minimum absolute atomic E-state index is 0.170. The van der Waals surface area contributed by atoms with Crippen molar-refractivity contribution in [3.63, 3.8) is 0 Å². The first-order valence-corrected chi connectivity index (χ1v) is 9.73. The van der Waals surface area contributed by atoms with Gasteiger partial charge in [0.2, 0.25) is 0 Å². The van der Waals surface area contributed by atoms with E-state index in [9.17, 15) is 9.59 Å². The molecule has 148 valence electrons. The van der Waals surface area contributed by atoms with Gasteiger partial charge < -0.3 is 15.4 Å². The van der Waals surface area contributed by atoms with Crippen LogP contribution in [-0.4, -0.2) is 47.9 Å². The highest BCUT2D eigenvalue weighted by atomic mass is 16.5. The highest BCUT2D eigenvalue weighted by Crippen LogP contribution is 2.52. The zero-order chi connectivity index (χ0) is 19.8. The molecule has 2 aromatic rings. The van der Waals surface area contributed by atoms with Crippen molar-refractivity contribution in [1.82, 2.24) is 20.4 Å². The number of methoxy groups -OCH3 is 1. The average molecular weight is 382 g/mol. The van der Waals surface area contributed by atoms with Crippen LogP contribution in [0.2, 0.25) is 0 Å². The number of ether oxygens (including phenoxy) is 1. The fourth-order valence-corrected chi connectivity index (χ4v) is 4.39. The Morgan fingerprint density at radius 2 is 1.86 bits per heavy atom. The summed E-state index contributed by atoms with van der Waals surface area (Å²) in [5, 5.41) is 10.2. The number of aromatic nitrogens is 2. The van der Waals surface area contributed by atoms with Crippen molar-refractivity contribution in [3.05, 3.63) is 53.3 Å². The maximum absolute atomic E-state index is 13.0. The van der Waals surface area contributed by atoms with Crippen LogP contribution < -0.4 is 10.6 Å². The Balaban J connectivity index is 1.56. The lowest BCUT2D eigenvalue weighted by atomic mass is 10.1. The fourth-order valence-electron chi connectivity index (χ4n) is 4.39. The number of carbonyl (C=O) groups excluding carboxylic acids is 2. The van der Waals surface area contributed by atoms with Crippen LogP contribution in [0.5, 0.6) is 0 Å². The summed E-state index contributed by atoms with van der Waals surface area (Å²) in [5.41, 5.74) is 1.67. The van der Waals surface area contributed by atoms with Crippen molar-refractivity contribution < 1.29 is 14.3 Å². The molecule has 2 amide bonds. The third-order valence-electron chi connectivity index (χ3n) is 6.11. The molecule has 0 spiro atoms. The first-order chi connectivity index (χ1) is 13.5. The van der Waals surface area contributed by atoms with E-state index in [4.69, 9.17) is 4.74 Å². The molecule has 28 heavy (non-hydrogen) atoms. The van der Waals surface area contributed by atoms with Gasteiger partial charge in [-0.25, -0.2) is 0 Å². The smallest absolute Gasteiger partial charge is 0.271 e. The predicted molar refractivity (Wildman–Crippen MR) is 104 cm³/mol. The number of hydrogen-bond donors (Lipinski definition) is 2. The van der Waals surface area contributed by atoms with Crippen LogP contribution in [0.25, 0.3) is 0 Å². The Morgan fingerprint density at radius 1 is 1.18 bits per heavy atom. The predicted octanol–water partition coefficient (Wildman–Crippen LogP) is 2.01. The first kappa shape index (κ1) is 18.7. The highest BCUT2D eigenvalue weighted by molar-refractivity contribution is 5.98. The summed E-state index contributed by atoms with van der Waals surface area (Å²) in [4.78, 5) is 25.1. The number of amides is 2. The monoisotopic (exact) mass is 382 g/mol. The quantitative estimate of drug-likeness (QED) is 0.800. The SMILES string of the molecule is CNC(=O)c1cc(C(=O)NC2C3CC(OC)CC32)n(C(C)c2ccccc2)n1. The van der Waals surface area contributed by atoms with E-state index in [1.165, 1.54) is 0 Å². The molecule has 0 bridgehead atoms. The summed E-state index contributed by atoms with van der Waals surface area (Å²) < 4.78 is 7.06. The van der Waals surface area contributed by atoms with Crippen LogP contribution in [0.15, 0.2) is 36.4 Å². The standard InChI is InChI=1S/C21H26N4O3/c1-12(13-7-5-4-6-8-13)25-18(11-17(24-25)20(26)22-2)21(27)23-19-15-9-14(28-3)10-16(15)19/h4-8,11-12,14-16,19H,9-10H2,1-3H3,(H,22,26)(H,23,27). The molecule has 2 aliphatic carbocycles. The Labute approximate surface area is 164 Å². The van der Waals surface area contributed by atoms with Crippen molar-refractivity contribution in [1.29, 1.82) is 0 Å². The van der Waals surface area contributed by atoms with Crippen LogP contribution in [0.1, 0.15) is 52.3 Å². The van der Waals surface area contributed by atoms with Crippen molar-refractivity contribution in [3.8, 4) is 0 Å². The first-order valence-electron chi connectivity index (χ1n) is 9.73. The molecule has 2 N–H and O–H groups in total. The van der Waals surface area contributed by atoms with Crippen molar-refractivity contribution in [2.45, 2.75) is 38.0 Å². The maximum Gasteiger partial charge on any atom is 0.271 e. The highest BCUT2D eigenvalue weighted by Gasteiger charge is 2.57. The third-order valence-corrected chi connectivity index (χ3v) is 6.11. The van der Waals surface area contributed by atoms with Gasteiger partial charge in [0.25, 0.3) is 11.8 Å². The molecule has 0 aliphatic heterocycles. The average Bonchev–Trinajstić information content (AvgIpc) is 3.12. The minimum atomic E-state index is -0.306. The van der Waals surface area contributed by atoms with E-state index in [0.29, 0.717) is 23.6 Å². The molecule has 2 fully saturated rings. The second-order valence-corrected chi connectivity index (χ2v) is 7.68. The topological polar surface area (TPSA) is 85.3 Å². The lowest BCUT2D eigenvalue weighted by Gasteiger charge is -2.17. The molecular formula is C21H26N4O3. The number of fused-ring (bicyclic) bond motifs is 1. The second kappa shape index (κ2) is 7.39. The van der Waals surface area contributed by atoms with Crippen molar-refractivity contribution in [2.24, 2.45) is 11.8 Å². The van der Waals surface area contributed by atoms with Crippen LogP contribution in [0.4, 0.5) is 0 Å². The van der Waals surface area contributed by atoms with Gasteiger partial charge in [-0.2, -0.15) is 5.10 Å². The second-order valence-electron chi connectivity index (χ2n) is 7.68. The van der Waals surface area contributed by atoms with E-state index in [-0.39, 0.29) is 29.6 Å². The number of nitrogens with zero attached hydrogens (tertiary/aromatic N) is 2. The van der Waals surface area contributed by atoms with E-state index in [1.54, 1.807) is 24.9 Å². The molecular weight excluding hydrogens is 356 g/mol. The van der Waals surface area contributed by atoms with Gasteiger partial charge in [-0.3, -0.25) is 14.3 Å². The Hall–Kier alpha value is -2.67. The largest absolute Gasteiger partial charge is 0.381 e. The normalized spacial score (nSPS) is 26.4. The molecule has 7 nitrogen and oxygen atoms in total. The van der Waals surface area contributed by atoms with Gasteiger partial charge in [-0.15, -0.1) is 0 Å². The molecule has 1 aromatic carbocycles. The van der Waals surface area contributed by atoms with E-state index in [1.807, 2.05) is 37.3 Å². The van der Waals surface area contributed by atoms with Gasteiger partial charge in [0.05, 0.1) is 12.1 Å². The molecule has 0 saturated heterocycles. The van der Waals surface area contributed by atoms with Crippen molar-refractivity contribution >= 4 is 11.8 Å². The molecule has 3 unspecified atom stereocenters. The lowest BCUT2D eigenvalue weighted by molar-refractivity contribution is 0.0870. The van der Waals surface area contributed by atoms with Crippen LogP contribution in [0, 0.1) is 11.8 Å². The maximum atomic E-state index is 13.0. The Morgan fingerprint density at radius 3 is 2.46 bits per heavy atom. The number of carbonyl (C=O) groups is 2. The summed E-state index contributed by atoms with van der Waals surface area (Å²) in [6, 6.07) is 11.4.